The van der Waals surface area contributed by atoms with Gasteiger partial charge >= 0.3 is 0 Å². The van der Waals surface area contributed by atoms with Crippen LogP contribution in [0, 0.1) is 5.21 Å². The fraction of sp³-hybridized carbons (Fsp3) is 0.100. The Bertz CT molecular complexity index is 848. The molecule has 25 heavy (non-hydrogen) atoms. The number of carbonyl (C=O) groups is 1. The van der Waals surface area contributed by atoms with Crippen molar-refractivity contribution in [1.29, 1.82) is 0 Å². The molecule has 2 aromatic carbocycles. The number of nitrogens with one attached hydrogen (secondary N) is 1. The van der Waals surface area contributed by atoms with E-state index in [1.165, 1.54) is 30.1 Å². The third-order valence-corrected chi connectivity index (χ3v) is 3.89. The van der Waals surface area contributed by atoms with Crippen molar-refractivity contribution >= 4 is 17.3 Å². The Balaban J connectivity index is 1.78. The Morgan fingerprint density at radius 1 is 1.00 bits per heavy atom. The van der Waals surface area contributed by atoms with E-state index in [0.29, 0.717) is 10.3 Å². The zero-order valence-corrected chi connectivity index (χ0v) is 13.9. The minimum Gasteiger partial charge on any atom is -0.619 e. The molecule has 1 amide bonds. The van der Waals surface area contributed by atoms with Crippen LogP contribution in [0.15, 0.2) is 79.1 Å². The van der Waals surface area contributed by atoms with Gasteiger partial charge in [0.15, 0.2) is 12.4 Å². The van der Waals surface area contributed by atoms with Gasteiger partial charge in [0.2, 0.25) is 0 Å². The normalized spacial score (nSPS) is 10.3. The summed E-state index contributed by atoms with van der Waals surface area (Å²) in [5.74, 6) is -0.249. The molecule has 0 saturated heterocycles. The van der Waals surface area contributed by atoms with Gasteiger partial charge in [0.25, 0.3) is 5.91 Å². The summed E-state index contributed by atoms with van der Waals surface area (Å²) in [6.07, 6.45) is 2.62. The predicted octanol–water partition coefficient (Wildman–Crippen LogP) is 3.21. The third kappa shape index (κ3) is 4.14. The van der Waals surface area contributed by atoms with E-state index in [-0.39, 0.29) is 5.91 Å². The van der Waals surface area contributed by atoms with Crippen LogP contribution in [0.25, 0.3) is 0 Å². The number of carbonyl (C=O) groups excluding carboxylic acids is 1. The van der Waals surface area contributed by atoms with Crippen LogP contribution in [0.5, 0.6) is 0 Å². The fourth-order valence-electron chi connectivity index (χ4n) is 2.61. The highest BCUT2D eigenvalue weighted by Crippen LogP contribution is 2.26. The number of nitrogens with zero attached hydrogens (tertiary/aromatic N) is 2. The van der Waals surface area contributed by atoms with Crippen molar-refractivity contribution < 1.29 is 9.52 Å². The number of amides is 1. The lowest BCUT2D eigenvalue weighted by molar-refractivity contribution is -0.605. The Hall–Kier alpha value is -3.34. The monoisotopic (exact) mass is 333 g/mol. The lowest BCUT2D eigenvalue weighted by Crippen LogP contribution is -2.25. The summed E-state index contributed by atoms with van der Waals surface area (Å²) in [7, 11) is 1.99. The lowest BCUT2D eigenvalue weighted by Gasteiger charge is -2.22. The first-order valence-electron chi connectivity index (χ1n) is 7.98. The highest BCUT2D eigenvalue weighted by atomic mass is 16.5. The number of hydrogen-bond acceptors (Lipinski definition) is 3. The van der Waals surface area contributed by atoms with E-state index in [1.54, 1.807) is 0 Å². The first-order chi connectivity index (χ1) is 12.1. The van der Waals surface area contributed by atoms with Crippen LogP contribution in [-0.2, 0) is 6.54 Å². The smallest absolute Gasteiger partial charge is 0.256 e. The Morgan fingerprint density at radius 2 is 1.64 bits per heavy atom. The van der Waals surface area contributed by atoms with Crippen molar-refractivity contribution in [3.63, 3.8) is 0 Å². The SMILES string of the molecule is CN(Cc1ccccc1)c1ccccc1NC(=O)c1cc[n+]([O-])cc1. The Kier molecular flexibility index (Phi) is 4.95. The molecule has 0 bridgehead atoms. The standard InChI is InChI=1S/C20H19N3O2/c1-22(15-16-7-3-2-4-8-16)19-10-6-5-9-18(19)21-20(24)17-11-13-23(25)14-12-17/h2-14H,15H2,1H3,(H,21,24). The van der Waals surface area contributed by atoms with Crippen molar-refractivity contribution in [3.8, 4) is 0 Å². The second-order valence-electron chi connectivity index (χ2n) is 5.76. The first kappa shape index (κ1) is 16.5. The molecule has 0 spiro atoms. The summed E-state index contributed by atoms with van der Waals surface area (Å²) in [5, 5.41) is 14.0. The average molecular weight is 333 g/mol. The average Bonchev–Trinajstić information content (AvgIpc) is 2.63. The minimum atomic E-state index is -0.249. The van der Waals surface area contributed by atoms with Crippen molar-refractivity contribution in [2.24, 2.45) is 0 Å². The van der Waals surface area contributed by atoms with E-state index in [4.69, 9.17) is 0 Å². The molecule has 3 rings (SSSR count). The minimum absolute atomic E-state index is 0.249. The molecule has 5 nitrogen and oxygen atoms in total. The van der Waals surface area contributed by atoms with E-state index in [0.717, 1.165) is 17.9 Å². The number of aromatic nitrogens is 1. The van der Waals surface area contributed by atoms with Gasteiger partial charge in [-0.25, -0.2) is 0 Å². The molecule has 0 unspecified atom stereocenters. The van der Waals surface area contributed by atoms with Gasteiger partial charge < -0.3 is 15.4 Å². The lowest BCUT2D eigenvalue weighted by atomic mass is 10.2. The molecule has 0 radical (unpaired) electrons. The number of hydrogen-bond donors (Lipinski definition) is 1. The van der Waals surface area contributed by atoms with Gasteiger partial charge in [-0.05, 0) is 17.7 Å². The van der Waals surface area contributed by atoms with Gasteiger partial charge in [0.05, 0.1) is 16.9 Å². The molecular weight excluding hydrogens is 314 g/mol. The van der Waals surface area contributed by atoms with E-state index in [2.05, 4.69) is 22.3 Å². The van der Waals surface area contributed by atoms with E-state index < -0.39 is 0 Å². The van der Waals surface area contributed by atoms with Crippen LogP contribution in [0.1, 0.15) is 15.9 Å². The molecule has 0 saturated carbocycles. The number of benzene rings is 2. The van der Waals surface area contributed by atoms with Gasteiger partial charge in [0.1, 0.15) is 0 Å². The van der Waals surface area contributed by atoms with Crippen LogP contribution in [0.3, 0.4) is 0 Å². The molecule has 0 aliphatic rings. The molecule has 0 aliphatic heterocycles. The van der Waals surface area contributed by atoms with Crippen LogP contribution >= 0.6 is 0 Å². The maximum atomic E-state index is 12.4. The summed E-state index contributed by atoms with van der Waals surface area (Å²) in [5.41, 5.74) is 3.28. The number of anilines is 2. The van der Waals surface area contributed by atoms with Crippen molar-refractivity contribution in [1.82, 2.24) is 0 Å². The highest BCUT2D eigenvalue weighted by molar-refractivity contribution is 6.05. The number of rotatable bonds is 5. The van der Waals surface area contributed by atoms with Gasteiger partial charge in [-0.3, -0.25) is 4.79 Å². The maximum absolute atomic E-state index is 12.4. The molecule has 126 valence electrons. The van der Waals surface area contributed by atoms with Crippen molar-refractivity contribution in [2.45, 2.75) is 6.54 Å². The topological polar surface area (TPSA) is 59.3 Å². The zero-order chi connectivity index (χ0) is 17.6. The molecule has 0 aliphatic carbocycles. The quantitative estimate of drug-likeness (QED) is 0.576. The highest BCUT2D eigenvalue weighted by Gasteiger charge is 2.12. The van der Waals surface area contributed by atoms with Crippen LogP contribution in [0.4, 0.5) is 11.4 Å². The summed E-state index contributed by atoms with van der Waals surface area (Å²) >= 11 is 0. The Morgan fingerprint density at radius 3 is 2.36 bits per heavy atom. The molecule has 1 aromatic heterocycles. The van der Waals surface area contributed by atoms with Crippen LogP contribution in [0.2, 0.25) is 0 Å². The second-order valence-corrected chi connectivity index (χ2v) is 5.76. The maximum Gasteiger partial charge on any atom is 0.256 e. The van der Waals surface area contributed by atoms with E-state index >= 15 is 0 Å². The summed E-state index contributed by atoms with van der Waals surface area (Å²) < 4.78 is 0.651. The fourth-order valence-corrected chi connectivity index (χ4v) is 2.61. The second kappa shape index (κ2) is 7.49. The molecule has 1 heterocycles. The summed E-state index contributed by atoms with van der Waals surface area (Å²) in [4.78, 5) is 14.5. The Labute approximate surface area is 146 Å². The number of pyridine rings is 1. The molecule has 3 aromatic rings. The largest absolute Gasteiger partial charge is 0.619 e. The number of para-hydroxylation sites is 2. The van der Waals surface area contributed by atoms with Gasteiger partial charge in [-0.15, -0.1) is 0 Å². The third-order valence-electron chi connectivity index (χ3n) is 3.89. The van der Waals surface area contributed by atoms with Gasteiger partial charge in [-0.1, -0.05) is 42.5 Å². The molecular formula is C20H19N3O2. The van der Waals surface area contributed by atoms with Crippen LogP contribution in [-0.4, -0.2) is 13.0 Å². The van der Waals surface area contributed by atoms with Crippen molar-refractivity contribution in [3.05, 3.63) is 95.5 Å². The zero-order valence-electron chi connectivity index (χ0n) is 13.9. The molecule has 0 fully saturated rings. The molecule has 5 heteroatoms. The van der Waals surface area contributed by atoms with E-state index in [9.17, 15) is 10.0 Å². The van der Waals surface area contributed by atoms with E-state index in [1.807, 2.05) is 49.5 Å². The molecule has 0 atom stereocenters. The van der Waals surface area contributed by atoms with Gasteiger partial charge in [-0.2, -0.15) is 4.73 Å². The van der Waals surface area contributed by atoms with Gasteiger partial charge in [0, 0.05) is 25.7 Å². The summed E-state index contributed by atoms with van der Waals surface area (Å²) in [6, 6.07) is 20.8. The summed E-state index contributed by atoms with van der Waals surface area (Å²) in [6.45, 7) is 0.731. The van der Waals surface area contributed by atoms with Crippen molar-refractivity contribution in [2.75, 3.05) is 17.3 Å². The predicted molar refractivity (Wildman–Crippen MR) is 98.3 cm³/mol. The first-order valence-corrected chi connectivity index (χ1v) is 7.98. The molecule has 1 N–H and O–H groups in total. The van der Waals surface area contributed by atoms with Crippen LogP contribution < -0.4 is 14.9 Å².